The SMILES string of the molecule is Cc1ccncc1C(CN)N1CC2CCCN2CC1C. The van der Waals surface area contributed by atoms with Gasteiger partial charge in [-0.1, -0.05) is 0 Å². The molecule has 3 heterocycles. The van der Waals surface area contributed by atoms with Crippen LogP contribution in [0.4, 0.5) is 0 Å². The van der Waals surface area contributed by atoms with Crippen molar-refractivity contribution in [3.05, 3.63) is 29.6 Å². The second-order valence-corrected chi connectivity index (χ2v) is 6.32. The Hall–Kier alpha value is -0.970. The van der Waals surface area contributed by atoms with Crippen LogP contribution in [0.3, 0.4) is 0 Å². The third kappa shape index (κ3) is 2.48. The third-order valence-electron chi connectivity index (χ3n) is 5.05. The van der Waals surface area contributed by atoms with Crippen LogP contribution >= 0.6 is 0 Å². The zero-order chi connectivity index (χ0) is 14.1. The first-order valence-corrected chi connectivity index (χ1v) is 7.81. The van der Waals surface area contributed by atoms with Crippen LogP contribution in [0.25, 0.3) is 0 Å². The van der Waals surface area contributed by atoms with Gasteiger partial charge < -0.3 is 5.73 Å². The lowest BCUT2D eigenvalue weighted by Gasteiger charge is -2.46. The summed E-state index contributed by atoms with van der Waals surface area (Å²) < 4.78 is 0. The Morgan fingerprint density at radius 2 is 2.30 bits per heavy atom. The lowest BCUT2D eigenvalue weighted by atomic mass is 9.98. The van der Waals surface area contributed by atoms with E-state index in [1.807, 2.05) is 12.4 Å². The second kappa shape index (κ2) is 5.80. The molecule has 1 aromatic rings. The molecule has 0 aromatic carbocycles. The lowest BCUT2D eigenvalue weighted by Crippen LogP contribution is -2.56. The average Bonchev–Trinajstić information content (AvgIpc) is 2.89. The van der Waals surface area contributed by atoms with E-state index in [-0.39, 0.29) is 0 Å². The first kappa shape index (κ1) is 14.0. The van der Waals surface area contributed by atoms with Crippen molar-refractivity contribution in [3.63, 3.8) is 0 Å². The Kier molecular flexibility index (Phi) is 4.06. The molecule has 0 radical (unpaired) electrons. The standard InChI is InChI=1S/C16H26N4/c1-12-5-6-18-9-15(12)16(8-17)20-11-14-4-3-7-19(14)10-13(20)2/h5-6,9,13-14,16H,3-4,7-8,10-11,17H2,1-2H3. The fourth-order valence-corrected chi connectivity index (χ4v) is 3.91. The topological polar surface area (TPSA) is 45.4 Å². The van der Waals surface area contributed by atoms with Gasteiger partial charge in [0.1, 0.15) is 0 Å². The summed E-state index contributed by atoms with van der Waals surface area (Å²) >= 11 is 0. The minimum Gasteiger partial charge on any atom is -0.329 e. The number of fused-ring (bicyclic) bond motifs is 1. The summed E-state index contributed by atoms with van der Waals surface area (Å²) in [6.45, 7) is 8.78. The van der Waals surface area contributed by atoms with Gasteiger partial charge in [-0.05, 0) is 50.4 Å². The Balaban J connectivity index is 1.83. The van der Waals surface area contributed by atoms with E-state index in [4.69, 9.17) is 5.73 Å². The molecule has 4 heteroatoms. The van der Waals surface area contributed by atoms with Crippen molar-refractivity contribution < 1.29 is 0 Å². The van der Waals surface area contributed by atoms with E-state index < -0.39 is 0 Å². The van der Waals surface area contributed by atoms with E-state index >= 15 is 0 Å². The third-order valence-corrected chi connectivity index (χ3v) is 5.05. The van der Waals surface area contributed by atoms with Crippen molar-refractivity contribution in [1.29, 1.82) is 0 Å². The highest BCUT2D eigenvalue weighted by atomic mass is 15.3. The molecule has 2 saturated heterocycles. The molecule has 3 atom stereocenters. The summed E-state index contributed by atoms with van der Waals surface area (Å²) in [6.07, 6.45) is 6.56. The van der Waals surface area contributed by atoms with Gasteiger partial charge in [-0.25, -0.2) is 0 Å². The summed E-state index contributed by atoms with van der Waals surface area (Å²) in [5, 5.41) is 0. The number of rotatable bonds is 3. The molecular weight excluding hydrogens is 248 g/mol. The number of aryl methyl sites for hydroxylation is 1. The van der Waals surface area contributed by atoms with E-state index in [2.05, 4.69) is 34.7 Å². The van der Waals surface area contributed by atoms with Gasteiger partial charge in [0.25, 0.3) is 0 Å². The van der Waals surface area contributed by atoms with Gasteiger partial charge in [0.05, 0.1) is 0 Å². The van der Waals surface area contributed by atoms with Crippen molar-refractivity contribution in [2.45, 2.75) is 44.8 Å². The molecule has 2 aliphatic rings. The van der Waals surface area contributed by atoms with Crippen LogP contribution in [0.15, 0.2) is 18.5 Å². The molecule has 2 fully saturated rings. The summed E-state index contributed by atoms with van der Waals surface area (Å²) in [5.74, 6) is 0. The normalized spacial score (nSPS) is 29.4. The molecule has 0 spiro atoms. The van der Waals surface area contributed by atoms with Crippen LogP contribution in [-0.2, 0) is 0 Å². The number of hydrogen-bond donors (Lipinski definition) is 1. The van der Waals surface area contributed by atoms with Gasteiger partial charge >= 0.3 is 0 Å². The summed E-state index contributed by atoms with van der Waals surface area (Å²) in [4.78, 5) is 9.57. The number of aromatic nitrogens is 1. The van der Waals surface area contributed by atoms with Crippen LogP contribution in [0.5, 0.6) is 0 Å². The molecular formula is C16H26N4. The Morgan fingerprint density at radius 3 is 3.05 bits per heavy atom. The van der Waals surface area contributed by atoms with Gasteiger partial charge in [-0.15, -0.1) is 0 Å². The highest BCUT2D eigenvalue weighted by Gasteiger charge is 2.37. The molecule has 3 rings (SSSR count). The monoisotopic (exact) mass is 274 g/mol. The van der Waals surface area contributed by atoms with Crippen molar-refractivity contribution in [2.75, 3.05) is 26.2 Å². The molecule has 0 amide bonds. The summed E-state index contributed by atoms with van der Waals surface area (Å²) in [5.41, 5.74) is 8.72. The minimum absolute atomic E-state index is 0.307. The van der Waals surface area contributed by atoms with Crippen LogP contribution in [0.1, 0.15) is 36.9 Å². The Morgan fingerprint density at radius 1 is 1.45 bits per heavy atom. The number of nitrogens with zero attached hydrogens (tertiary/aromatic N) is 3. The fraction of sp³-hybridized carbons (Fsp3) is 0.688. The Labute approximate surface area is 122 Å². The van der Waals surface area contributed by atoms with E-state index in [0.717, 1.165) is 12.6 Å². The maximum absolute atomic E-state index is 6.12. The predicted molar refractivity (Wildman–Crippen MR) is 81.5 cm³/mol. The van der Waals surface area contributed by atoms with Gasteiger partial charge in [0.15, 0.2) is 0 Å². The van der Waals surface area contributed by atoms with E-state index in [1.165, 1.54) is 37.1 Å². The first-order chi connectivity index (χ1) is 9.70. The fourth-order valence-electron chi connectivity index (χ4n) is 3.91. The van der Waals surface area contributed by atoms with Crippen molar-refractivity contribution in [2.24, 2.45) is 5.73 Å². The molecule has 2 aliphatic heterocycles. The van der Waals surface area contributed by atoms with E-state index in [0.29, 0.717) is 18.6 Å². The molecule has 3 unspecified atom stereocenters. The van der Waals surface area contributed by atoms with Gasteiger partial charge in [-0.2, -0.15) is 0 Å². The average molecular weight is 274 g/mol. The minimum atomic E-state index is 0.307. The van der Waals surface area contributed by atoms with Crippen molar-refractivity contribution in [3.8, 4) is 0 Å². The Bertz CT molecular complexity index is 462. The van der Waals surface area contributed by atoms with Gasteiger partial charge in [0, 0.05) is 50.2 Å². The molecule has 2 N–H and O–H groups in total. The number of hydrogen-bond acceptors (Lipinski definition) is 4. The van der Waals surface area contributed by atoms with Crippen molar-refractivity contribution in [1.82, 2.24) is 14.8 Å². The van der Waals surface area contributed by atoms with Crippen LogP contribution < -0.4 is 5.73 Å². The highest BCUT2D eigenvalue weighted by Crippen LogP contribution is 2.31. The highest BCUT2D eigenvalue weighted by molar-refractivity contribution is 5.26. The zero-order valence-corrected chi connectivity index (χ0v) is 12.6. The summed E-state index contributed by atoms with van der Waals surface area (Å²) in [6, 6.07) is 3.70. The molecule has 0 saturated carbocycles. The summed E-state index contributed by atoms with van der Waals surface area (Å²) in [7, 11) is 0. The second-order valence-electron chi connectivity index (χ2n) is 6.32. The quantitative estimate of drug-likeness (QED) is 0.908. The largest absolute Gasteiger partial charge is 0.329 e. The van der Waals surface area contributed by atoms with Crippen molar-refractivity contribution >= 4 is 0 Å². The van der Waals surface area contributed by atoms with E-state index in [1.54, 1.807) is 0 Å². The molecule has 4 nitrogen and oxygen atoms in total. The van der Waals surface area contributed by atoms with Gasteiger partial charge in [0.2, 0.25) is 0 Å². The molecule has 20 heavy (non-hydrogen) atoms. The maximum Gasteiger partial charge on any atom is 0.0492 e. The van der Waals surface area contributed by atoms with Crippen LogP contribution in [0, 0.1) is 6.92 Å². The predicted octanol–water partition coefficient (Wildman–Crippen LogP) is 1.56. The molecule has 0 bridgehead atoms. The van der Waals surface area contributed by atoms with Crippen LogP contribution in [0.2, 0.25) is 0 Å². The first-order valence-electron chi connectivity index (χ1n) is 7.81. The number of piperazine rings is 1. The number of pyridine rings is 1. The smallest absolute Gasteiger partial charge is 0.0492 e. The molecule has 110 valence electrons. The van der Waals surface area contributed by atoms with E-state index in [9.17, 15) is 0 Å². The van der Waals surface area contributed by atoms with Crippen LogP contribution in [-0.4, -0.2) is 53.0 Å². The molecule has 1 aromatic heterocycles. The lowest BCUT2D eigenvalue weighted by molar-refractivity contribution is 0.0293. The molecule has 0 aliphatic carbocycles. The number of nitrogens with two attached hydrogens (primary N) is 1. The van der Waals surface area contributed by atoms with Gasteiger partial charge in [-0.3, -0.25) is 14.8 Å². The maximum atomic E-state index is 6.12. The zero-order valence-electron chi connectivity index (χ0n) is 12.6.